The van der Waals surface area contributed by atoms with E-state index in [1.807, 2.05) is 12.1 Å². The number of carbonyl (C=O) groups is 2. The van der Waals surface area contributed by atoms with E-state index < -0.39 is 5.97 Å². The number of unbranched alkanes of at least 4 members (excludes halogenated alkanes) is 1. The van der Waals surface area contributed by atoms with Crippen LogP contribution in [0.15, 0.2) is 21.5 Å². The molecule has 0 radical (unpaired) electrons. The molecule has 2 heterocycles. The van der Waals surface area contributed by atoms with Crippen LogP contribution >= 0.6 is 24.0 Å². The fourth-order valence-electron chi connectivity index (χ4n) is 2.73. The number of nitrogens with zero attached hydrogens (tertiary/aromatic N) is 1. The van der Waals surface area contributed by atoms with Gasteiger partial charge < -0.3 is 14.3 Å². The summed E-state index contributed by atoms with van der Waals surface area (Å²) in [6, 6.07) is 3.85. The van der Waals surface area contributed by atoms with E-state index >= 15 is 0 Å². The summed E-state index contributed by atoms with van der Waals surface area (Å²) in [5.74, 6) is 1.61. The molecular formula is C17H18NO4S2-. The van der Waals surface area contributed by atoms with Crippen molar-refractivity contribution in [1.82, 2.24) is 4.90 Å². The molecule has 0 unspecified atom stereocenters. The number of thioether (sulfide) groups is 1. The zero-order valence-electron chi connectivity index (χ0n) is 13.3. The van der Waals surface area contributed by atoms with Crippen molar-refractivity contribution < 1.29 is 19.1 Å². The van der Waals surface area contributed by atoms with Gasteiger partial charge in [0.15, 0.2) is 0 Å². The molecule has 0 spiro atoms. The van der Waals surface area contributed by atoms with Crippen LogP contribution in [0.3, 0.4) is 0 Å². The number of hydrogen-bond donors (Lipinski definition) is 0. The molecule has 2 fully saturated rings. The van der Waals surface area contributed by atoms with E-state index in [0.717, 1.165) is 12.2 Å². The predicted molar refractivity (Wildman–Crippen MR) is 94.0 cm³/mol. The van der Waals surface area contributed by atoms with E-state index in [1.54, 1.807) is 6.08 Å². The molecule has 5 nitrogen and oxygen atoms in total. The van der Waals surface area contributed by atoms with Crippen LogP contribution in [-0.2, 0) is 9.59 Å². The molecule has 2 aliphatic rings. The van der Waals surface area contributed by atoms with Crippen LogP contribution in [0, 0.1) is 5.92 Å². The number of amides is 1. The van der Waals surface area contributed by atoms with Crippen LogP contribution in [0.1, 0.15) is 50.0 Å². The first-order valence-corrected chi connectivity index (χ1v) is 9.23. The maximum Gasteiger partial charge on any atom is 0.266 e. The number of carboxylic acids is 1. The van der Waals surface area contributed by atoms with Gasteiger partial charge in [0.2, 0.25) is 0 Å². The van der Waals surface area contributed by atoms with Crippen molar-refractivity contribution in [3.8, 4) is 0 Å². The Morgan fingerprint density at radius 2 is 2.25 bits per heavy atom. The van der Waals surface area contributed by atoms with Crippen molar-refractivity contribution in [2.24, 2.45) is 5.92 Å². The Hall–Kier alpha value is -1.60. The lowest BCUT2D eigenvalue weighted by Gasteiger charge is -2.14. The Kier molecular flexibility index (Phi) is 5.10. The van der Waals surface area contributed by atoms with Gasteiger partial charge in [0.05, 0.1) is 4.91 Å². The molecule has 7 heteroatoms. The SMILES string of the molecule is C[C@H]1C[C@H]1c1ccc(/C=C2\SC(=S)N(CCCCC(=O)[O-])C2=O)o1. The van der Waals surface area contributed by atoms with Crippen molar-refractivity contribution in [1.29, 1.82) is 0 Å². The number of furan rings is 1. The number of aliphatic carboxylic acids is 1. The first-order chi connectivity index (χ1) is 11.5. The predicted octanol–water partition coefficient (Wildman–Crippen LogP) is 2.52. The second-order valence-electron chi connectivity index (χ2n) is 6.22. The fourth-order valence-corrected chi connectivity index (χ4v) is 4.01. The van der Waals surface area contributed by atoms with Gasteiger partial charge in [-0.05, 0) is 43.7 Å². The quantitative estimate of drug-likeness (QED) is 0.420. The zero-order valence-corrected chi connectivity index (χ0v) is 15.0. The first kappa shape index (κ1) is 17.2. The monoisotopic (exact) mass is 364 g/mol. The fraction of sp³-hybridized carbons (Fsp3) is 0.471. The van der Waals surface area contributed by atoms with E-state index in [-0.39, 0.29) is 12.3 Å². The Labute approximate surface area is 150 Å². The largest absolute Gasteiger partial charge is 0.550 e. The van der Waals surface area contributed by atoms with Crippen molar-refractivity contribution >= 4 is 46.3 Å². The van der Waals surface area contributed by atoms with Crippen LogP contribution in [0.4, 0.5) is 0 Å². The lowest BCUT2D eigenvalue weighted by molar-refractivity contribution is -0.305. The summed E-state index contributed by atoms with van der Waals surface area (Å²) in [5.41, 5.74) is 0. The van der Waals surface area contributed by atoms with E-state index in [1.165, 1.54) is 16.7 Å². The lowest BCUT2D eigenvalue weighted by atomic mass is 10.2. The molecule has 0 aromatic carbocycles. The van der Waals surface area contributed by atoms with Gasteiger partial charge in [-0.15, -0.1) is 0 Å². The molecule has 128 valence electrons. The van der Waals surface area contributed by atoms with Crippen molar-refractivity contribution in [2.45, 2.75) is 38.5 Å². The Balaban J connectivity index is 1.60. The molecule has 3 rings (SSSR count). The van der Waals surface area contributed by atoms with Gasteiger partial charge in [-0.1, -0.05) is 30.9 Å². The summed E-state index contributed by atoms with van der Waals surface area (Å²) < 4.78 is 6.31. The molecule has 1 saturated heterocycles. The van der Waals surface area contributed by atoms with Crippen LogP contribution in [0.2, 0.25) is 0 Å². The van der Waals surface area contributed by atoms with Gasteiger partial charge in [0.1, 0.15) is 15.8 Å². The van der Waals surface area contributed by atoms with Gasteiger partial charge in [-0.25, -0.2) is 0 Å². The third-order valence-electron chi connectivity index (χ3n) is 4.28. The van der Waals surface area contributed by atoms with Gasteiger partial charge in [-0.3, -0.25) is 9.69 Å². The average Bonchev–Trinajstić information content (AvgIpc) is 2.97. The molecular weight excluding hydrogens is 346 g/mol. The van der Waals surface area contributed by atoms with E-state index in [9.17, 15) is 14.7 Å². The number of thiocarbonyl (C=S) groups is 1. The summed E-state index contributed by atoms with van der Waals surface area (Å²) in [6.45, 7) is 2.62. The summed E-state index contributed by atoms with van der Waals surface area (Å²) in [4.78, 5) is 24.9. The standard InChI is InChI=1S/C17H19NO4S2/c1-10-8-12(10)13-6-5-11(22-13)9-14-16(21)18(17(23)24-14)7-3-2-4-15(19)20/h5-6,9-10,12H,2-4,7-8H2,1H3,(H,19,20)/p-1/b14-9-/t10-,12+/m0/s1. The summed E-state index contributed by atoms with van der Waals surface area (Å²) >= 11 is 6.51. The molecule has 0 bridgehead atoms. The van der Waals surface area contributed by atoms with E-state index in [2.05, 4.69) is 6.92 Å². The van der Waals surface area contributed by atoms with Crippen LogP contribution in [0.5, 0.6) is 0 Å². The summed E-state index contributed by atoms with van der Waals surface area (Å²) in [6.07, 6.45) is 3.94. The van der Waals surface area contributed by atoms with Crippen molar-refractivity contribution in [2.75, 3.05) is 6.54 Å². The van der Waals surface area contributed by atoms with Gasteiger partial charge in [-0.2, -0.15) is 0 Å². The van der Waals surface area contributed by atoms with Crippen LogP contribution in [-0.4, -0.2) is 27.6 Å². The average molecular weight is 364 g/mol. The Morgan fingerprint density at radius 3 is 2.92 bits per heavy atom. The molecule has 1 aliphatic carbocycles. The highest BCUT2D eigenvalue weighted by atomic mass is 32.2. The van der Waals surface area contributed by atoms with Crippen LogP contribution < -0.4 is 5.11 Å². The Bertz CT molecular complexity index is 709. The highest BCUT2D eigenvalue weighted by Gasteiger charge is 2.37. The second-order valence-corrected chi connectivity index (χ2v) is 7.90. The third kappa shape index (κ3) is 3.89. The minimum Gasteiger partial charge on any atom is -0.550 e. The summed E-state index contributed by atoms with van der Waals surface area (Å²) in [7, 11) is 0. The van der Waals surface area contributed by atoms with Crippen molar-refractivity contribution in [3.05, 3.63) is 28.6 Å². The minimum atomic E-state index is -1.07. The molecule has 2 atom stereocenters. The van der Waals surface area contributed by atoms with E-state index in [0.29, 0.717) is 46.2 Å². The van der Waals surface area contributed by atoms with Crippen molar-refractivity contribution in [3.63, 3.8) is 0 Å². The minimum absolute atomic E-state index is 0.000602. The first-order valence-electron chi connectivity index (χ1n) is 8.00. The highest BCUT2D eigenvalue weighted by molar-refractivity contribution is 8.26. The smallest absolute Gasteiger partial charge is 0.266 e. The van der Waals surface area contributed by atoms with Gasteiger partial charge >= 0.3 is 0 Å². The molecule has 1 amide bonds. The number of carboxylic acid groups (broad SMARTS) is 1. The van der Waals surface area contributed by atoms with Gasteiger partial charge in [0, 0.05) is 24.5 Å². The third-order valence-corrected chi connectivity index (χ3v) is 5.66. The van der Waals surface area contributed by atoms with E-state index in [4.69, 9.17) is 16.6 Å². The number of carbonyl (C=O) groups excluding carboxylic acids is 2. The molecule has 1 aromatic rings. The molecule has 1 aliphatic heterocycles. The molecule has 24 heavy (non-hydrogen) atoms. The number of rotatable bonds is 7. The number of hydrogen-bond acceptors (Lipinski definition) is 6. The Morgan fingerprint density at radius 1 is 1.50 bits per heavy atom. The van der Waals surface area contributed by atoms with Gasteiger partial charge in [0.25, 0.3) is 5.91 Å². The maximum atomic E-state index is 12.4. The molecule has 1 aromatic heterocycles. The maximum absolute atomic E-state index is 12.4. The molecule has 1 saturated carbocycles. The highest BCUT2D eigenvalue weighted by Crippen LogP contribution is 2.47. The lowest BCUT2D eigenvalue weighted by Crippen LogP contribution is -2.29. The molecule has 0 N–H and O–H groups in total. The van der Waals surface area contributed by atoms with Crippen LogP contribution in [0.25, 0.3) is 6.08 Å². The second kappa shape index (κ2) is 7.11. The topological polar surface area (TPSA) is 73.6 Å². The zero-order chi connectivity index (χ0) is 17.3. The normalized spacial score (nSPS) is 24.9. The summed E-state index contributed by atoms with van der Waals surface area (Å²) in [5, 5.41) is 10.4.